The Bertz CT molecular complexity index is 1060. The van der Waals surface area contributed by atoms with E-state index in [1.165, 1.54) is 0 Å². The second-order valence-electron chi connectivity index (χ2n) is 7.65. The molecule has 2 aromatic carbocycles. The lowest BCUT2D eigenvalue weighted by Gasteiger charge is -2.13. The molecule has 0 radical (unpaired) electrons. The standard InChI is InChI=1S/C23H22N2O5/c1-13(2)11-19-20(21(26)27)30-22(24-19)25-23(28)29-12-18-16-9-5-3-7-14(16)15-8-4-6-10-17(15)18/h3-10,13,18H,11-12H2,1-2H3,(H,26,27)(H,24,25,28). The summed E-state index contributed by atoms with van der Waals surface area (Å²) in [5.74, 6) is -1.37. The third-order valence-electron chi connectivity index (χ3n) is 5.05. The molecule has 3 aromatic rings. The number of hydrogen-bond acceptors (Lipinski definition) is 5. The van der Waals surface area contributed by atoms with Gasteiger partial charge in [-0.05, 0) is 34.6 Å². The number of carbonyl (C=O) groups excluding carboxylic acids is 1. The van der Waals surface area contributed by atoms with Crippen LogP contribution in [0.15, 0.2) is 52.9 Å². The van der Waals surface area contributed by atoms with E-state index in [0.717, 1.165) is 22.3 Å². The van der Waals surface area contributed by atoms with E-state index in [0.29, 0.717) is 12.1 Å². The summed E-state index contributed by atoms with van der Waals surface area (Å²) in [5, 5.41) is 11.7. The van der Waals surface area contributed by atoms with E-state index in [-0.39, 0.29) is 30.2 Å². The Hall–Kier alpha value is -3.61. The van der Waals surface area contributed by atoms with E-state index in [1.54, 1.807) is 0 Å². The molecule has 7 nitrogen and oxygen atoms in total. The topological polar surface area (TPSA) is 102 Å². The molecule has 0 saturated carbocycles. The van der Waals surface area contributed by atoms with Gasteiger partial charge in [0.1, 0.15) is 6.61 Å². The fourth-order valence-electron chi connectivity index (χ4n) is 3.82. The Morgan fingerprint density at radius 1 is 1.10 bits per heavy atom. The number of fused-ring (bicyclic) bond motifs is 3. The van der Waals surface area contributed by atoms with Gasteiger partial charge in [-0.3, -0.25) is 0 Å². The molecule has 30 heavy (non-hydrogen) atoms. The molecule has 1 aliphatic rings. The lowest BCUT2D eigenvalue weighted by atomic mass is 9.98. The van der Waals surface area contributed by atoms with E-state index < -0.39 is 12.1 Å². The minimum atomic E-state index is -1.22. The first-order valence-corrected chi connectivity index (χ1v) is 9.79. The molecule has 7 heteroatoms. The average Bonchev–Trinajstić information content (AvgIpc) is 3.25. The second kappa shape index (κ2) is 8.02. The van der Waals surface area contributed by atoms with E-state index in [1.807, 2.05) is 50.2 Å². The molecule has 1 aliphatic carbocycles. The van der Waals surface area contributed by atoms with Crippen LogP contribution in [0.5, 0.6) is 0 Å². The number of hydrogen-bond donors (Lipinski definition) is 2. The number of benzene rings is 2. The Morgan fingerprint density at radius 2 is 1.70 bits per heavy atom. The number of carboxylic acids is 1. The quantitative estimate of drug-likeness (QED) is 0.602. The first-order valence-electron chi connectivity index (χ1n) is 9.79. The number of oxazole rings is 1. The predicted octanol–water partition coefficient (Wildman–Crippen LogP) is 4.93. The minimum Gasteiger partial charge on any atom is -0.475 e. The Morgan fingerprint density at radius 3 is 2.27 bits per heavy atom. The van der Waals surface area contributed by atoms with Gasteiger partial charge >= 0.3 is 18.1 Å². The van der Waals surface area contributed by atoms with Crippen LogP contribution in [0.25, 0.3) is 11.1 Å². The third kappa shape index (κ3) is 3.78. The predicted molar refractivity (Wildman–Crippen MR) is 111 cm³/mol. The maximum absolute atomic E-state index is 12.3. The first kappa shape index (κ1) is 19.7. The number of nitrogens with zero attached hydrogens (tertiary/aromatic N) is 1. The molecule has 154 valence electrons. The highest BCUT2D eigenvalue weighted by molar-refractivity contribution is 5.87. The van der Waals surface area contributed by atoms with Crippen LogP contribution in [-0.4, -0.2) is 28.8 Å². The normalized spacial score (nSPS) is 12.5. The molecule has 4 rings (SSSR count). The fraction of sp³-hybridized carbons (Fsp3) is 0.261. The van der Waals surface area contributed by atoms with Gasteiger partial charge in [0.2, 0.25) is 5.76 Å². The zero-order chi connectivity index (χ0) is 21.3. The van der Waals surface area contributed by atoms with Crippen LogP contribution in [0.4, 0.5) is 10.8 Å². The largest absolute Gasteiger partial charge is 0.475 e. The highest BCUT2D eigenvalue weighted by Gasteiger charge is 2.29. The number of carboxylic acid groups (broad SMARTS) is 1. The molecular formula is C23H22N2O5. The van der Waals surface area contributed by atoms with Crippen molar-refractivity contribution in [3.8, 4) is 11.1 Å². The third-order valence-corrected chi connectivity index (χ3v) is 5.05. The molecule has 1 aromatic heterocycles. The zero-order valence-electron chi connectivity index (χ0n) is 16.7. The SMILES string of the molecule is CC(C)Cc1nc(NC(=O)OCC2c3ccccc3-c3ccccc32)oc1C(=O)O. The van der Waals surface area contributed by atoms with Gasteiger partial charge in [-0.1, -0.05) is 62.4 Å². The number of amides is 1. The van der Waals surface area contributed by atoms with Gasteiger partial charge in [0.05, 0.1) is 5.69 Å². The lowest BCUT2D eigenvalue weighted by molar-refractivity contribution is 0.0661. The highest BCUT2D eigenvalue weighted by Crippen LogP contribution is 2.44. The molecule has 2 N–H and O–H groups in total. The maximum Gasteiger partial charge on any atom is 0.415 e. The number of ether oxygens (including phenoxy) is 1. The Labute approximate surface area is 173 Å². The minimum absolute atomic E-state index is 0.0706. The van der Waals surface area contributed by atoms with E-state index in [9.17, 15) is 14.7 Å². The van der Waals surface area contributed by atoms with Gasteiger partial charge in [0.15, 0.2) is 0 Å². The smallest absolute Gasteiger partial charge is 0.415 e. The summed E-state index contributed by atoms with van der Waals surface area (Å²) < 4.78 is 10.6. The average molecular weight is 406 g/mol. The van der Waals surface area contributed by atoms with Gasteiger partial charge in [0, 0.05) is 5.92 Å². The molecule has 0 saturated heterocycles. The van der Waals surface area contributed by atoms with E-state index in [2.05, 4.69) is 22.4 Å². The molecule has 1 amide bonds. The number of nitrogens with one attached hydrogen (secondary N) is 1. The van der Waals surface area contributed by atoms with Gasteiger partial charge in [-0.25, -0.2) is 14.9 Å². The number of anilines is 1. The summed E-state index contributed by atoms with van der Waals surface area (Å²) in [7, 11) is 0. The molecule has 0 unspecified atom stereocenters. The van der Waals surface area contributed by atoms with Crippen LogP contribution >= 0.6 is 0 Å². The summed E-state index contributed by atoms with van der Waals surface area (Å²) in [6.07, 6.45) is -0.316. The van der Waals surface area contributed by atoms with Crippen LogP contribution < -0.4 is 5.32 Å². The summed E-state index contributed by atoms with van der Waals surface area (Å²) >= 11 is 0. The van der Waals surface area contributed by atoms with Crippen LogP contribution in [0.2, 0.25) is 0 Å². The summed E-state index contributed by atoms with van der Waals surface area (Å²) in [6.45, 7) is 4.03. The van der Waals surface area contributed by atoms with Crippen molar-refractivity contribution in [2.75, 3.05) is 11.9 Å². The zero-order valence-corrected chi connectivity index (χ0v) is 16.7. The molecule has 0 spiro atoms. The van der Waals surface area contributed by atoms with Gasteiger partial charge in [-0.15, -0.1) is 0 Å². The molecular weight excluding hydrogens is 384 g/mol. The Kier molecular flexibility index (Phi) is 5.27. The van der Waals surface area contributed by atoms with E-state index in [4.69, 9.17) is 9.15 Å². The van der Waals surface area contributed by atoms with Crippen molar-refractivity contribution >= 4 is 18.1 Å². The highest BCUT2D eigenvalue weighted by atomic mass is 16.6. The van der Waals surface area contributed by atoms with Crippen LogP contribution in [0, 0.1) is 5.92 Å². The summed E-state index contributed by atoms with van der Waals surface area (Å²) in [5.41, 5.74) is 4.79. The second-order valence-corrected chi connectivity index (χ2v) is 7.65. The summed E-state index contributed by atoms with van der Waals surface area (Å²) in [4.78, 5) is 27.8. The van der Waals surface area contributed by atoms with Crippen molar-refractivity contribution < 1.29 is 23.8 Å². The number of rotatable bonds is 6. The number of aromatic nitrogens is 1. The number of carbonyl (C=O) groups is 2. The van der Waals surface area contributed by atoms with Crippen LogP contribution in [0.1, 0.15) is 47.1 Å². The monoisotopic (exact) mass is 406 g/mol. The van der Waals surface area contributed by atoms with Crippen LogP contribution in [0.3, 0.4) is 0 Å². The molecule has 1 heterocycles. The fourth-order valence-corrected chi connectivity index (χ4v) is 3.82. The summed E-state index contributed by atoms with van der Waals surface area (Å²) in [6, 6.07) is 15.9. The molecule has 0 bridgehead atoms. The van der Waals surface area contributed by atoms with Crippen molar-refractivity contribution in [3.05, 3.63) is 71.1 Å². The van der Waals surface area contributed by atoms with Crippen molar-refractivity contribution in [3.63, 3.8) is 0 Å². The van der Waals surface area contributed by atoms with Crippen molar-refractivity contribution in [1.82, 2.24) is 4.98 Å². The number of aromatic carboxylic acids is 1. The van der Waals surface area contributed by atoms with E-state index >= 15 is 0 Å². The van der Waals surface area contributed by atoms with Gasteiger partial charge < -0.3 is 14.3 Å². The Balaban J connectivity index is 1.47. The molecule has 0 atom stereocenters. The van der Waals surface area contributed by atoms with Gasteiger partial charge in [-0.2, -0.15) is 4.98 Å². The first-order chi connectivity index (χ1) is 14.4. The molecule has 0 aliphatic heterocycles. The van der Waals surface area contributed by atoms with Crippen molar-refractivity contribution in [2.24, 2.45) is 5.92 Å². The maximum atomic E-state index is 12.3. The van der Waals surface area contributed by atoms with Gasteiger partial charge in [0.25, 0.3) is 0 Å². The van der Waals surface area contributed by atoms with Crippen molar-refractivity contribution in [1.29, 1.82) is 0 Å². The van der Waals surface area contributed by atoms with Crippen LogP contribution in [-0.2, 0) is 11.2 Å². The van der Waals surface area contributed by atoms with Crippen molar-refractivity contribution in [2.45, 2.75) is 26.2 Å². The molecule has 0 fully saturated rings. The lowest BCUT2D eigenvalue weighted by Crippen LogP contribution is -2.18.